The fourth-order valence-corrected chi connectivity index (χ4v) is 1.86. The lowest BCUT2D eigenvalue weighted by molar-refractivity contribution is 0.267. The number of anilines is 1. The van der Waals surface area contributed by atoms with Gasteiger partial charge in [0, 0.05) is 30.7 Å². The largest absolute Gasteiger partial charge is 0.494 e. The molecule has 0 spiro atoms. The standard InChI is InChI=1S/C14H19N3O2/c1-3-19-13-5-4-12(8-11(13)10-18)16-9-14-15-6-7-17(14)2/h4-8,16,18H,3,9-10H2,1-2H3. The average molecular weight is 261 g/mol. The molecule has 0 radical (unpaired) electrons. The Labute approximate surface area is 112 Å². The third kappa shape index (κ3) is 3.26. The summed E-state index contributed by atoms with van der Waals surface area (Å²) in [6.07, 6.45) is 3.68. The molecule has 0 saturated carbocycles. The molecule has 0 aliphatic rings. The van der Waals surface area contributed by atoms with Crippen LogP contribution >= 0.6 is 0 Å². The molecule has 5 heteroatoms. The summed E-state index contributed by atoms with van der Waals surface area (Å²) in [4.78, 5) is 4.25. The molecule has 0 aliphatic carbocycles. The van der Waals surface area contributed by atoms with Gasteiger partial charge < -0.3 is 19.7 Å². The number of aliphatic hydroxyl groups is 1. The predicted molar refractivity (Wildman–Crippen MR) is 74.1 cm³/mol. The number of aryl methyl sites for hydroxylation is 1. The van der Waals surface area contributed by atoms with E-state index in [0.717, 1.165) is 22.8 Å². The van der Waals surface area contributed by atoms with Crippen LogP contribution in [0.2, 0.25) is 0 Å². The molecule has 0 bridgehead atoms. The molecule has 0 amide bonds. The van der Waals surface area contributed by atoms with Crippen LogP contribution in [0.1, 0.15) is 18.3 Å². The molecule has 1 heterocycles. The van der Waals surface area contributed by atoms with E-state index in [0.29, 0.717) is 13.2 Å². The second-order valence-corrected chi connectivity index (χ2v) is 4.22. The van der Waals surface area contributed by atoms with Crippen molar-refractivity contribution in [3.63, 3.8) is 0 Å². The van der Waals surface area contributed by atoms with Gasteiger partial charge >= 0.3 is 0 Å². The van der Waals surface area contributed by atoms with Crippen LogP contribution in [0.5, 0.6) is 5.75 Å². The van der Waals surface area contributed by atoms with Gasteiger partial charge in [-0.1, -0.05) is 0 Å². The fraction of sp³-hybridized carbons (Fsp3) is 0.357. The van der Waals surface area contributed by atoms with Gasteiger partial charge in [0.15, 0.2) is 0 Å². The molecule has 0 atom stereocenters. The van der Waals surface area contributed by atoms with E-state index in [9.17, 15) is 5.11 Å². The molecule has 5 nitrogen and oxygen atoms in total. The van der Waals surface area contributed by atoms with Gasteiger partial charge in [-0.05, 0) is 25.1 Å². The Morgan fingerprint density at radius 2 is 2.26 bits per heavy atom. The van der Waals surface area contributed by atoms with Crippen molar-refractivity contribution < 1.29 is 9.84 Å². The summed E-state index contributed by atoms with van der Waals surface area (Å²) in [7, 11) is 1.96. The van der Waals surface area contributed by atoms with Crippen molar-refractivity contribution >= 4 is 5.69 Å². The van der Waals surface area contributed by atoms with Gasteiger partial charge in [0.2, 0.25) is 0 Å². The molecule has 0 saturated heterocycles. The van der Waals surface area contributed by atoms with Crippen LogP contribution in [0.3, 0.4) is 0 Å². The van der Waals surface area contributed by atoms with Crippen LogP contribution in [0, 0.1) is 0 Å². The van der Waals surface area contributed by atoms with E-state index in [-0.39, 0.29) is 6.61 Å². The zero-order valence-corrected chi connectivity index (χ0v) is 11.3. The van der Waals surface area contributed by atoms with Gasteiger partial charge in [0.05, 0.1) is 19.8 Å². The Hall–Kier alpha value is -2.01. The fourth-order valence-electron chi connectivity index (χ4n) is 1.86. The number of aliphatic hydroxyl groups excluding tert-OH is 1. The van der Waals surface area contributed by atoms with Crippen LogP contribution in [-0.2, 0) is 20.2 Å². The number of nitrogens with one attached hydrogen (secondary N) is 1. The predicted octanol–water partition coefficient (Wildman–Crippen LogP) is 1.92. The highest BCUT2D eigenvalue weighted by Crippen LogP contribution is 2.23. The third-order valence-electron chi connectivity index (χ3n) is 2.90. The van der Waals surface area contributed by atoms with Crippen molar-refractivity contribution in [1.29, 1.82) is 0 Å². The maximum absolute atomic E-state index is 9.34. The molecule has 0 unspecified atom stereocenters. The van der Waals surface area contributed by atoms with E-state index < -0.39 is 0 Å². The highest BCUT2D eigenvalue weighted by atomic mass is 16.5. The van der Waals surface area contributed by atoms with Crippen molar-refractivity contribution in [3.05, 3.63) is 42.0 Å². The van der Waals surface area contributed by atoms with Crippen LogP contribution < -0.4 is 10.1 Å². The van der Waals surface area contributed by atoms with Gasteiger partial charge in [-0.15, -0.1) is 0 Å². The average Bonchev–Trinajstić information content (AvgIpc) is 2.83. The second kappa shape index (κ2) is 6.24. The maximum atomic E-state index is 9.34. The van der Waals surface area contributed by atoms with Crippen molar-refractivity contribution in [3.8, 4) is 5.75 Å². The van der Waals surface area contributed by atoms with Gasteiger partial charge in [0.25, 0.3) is 0 Å². The van der Waals surface area contributed by atoms with Gasteiger partial charge in [-0.25, -0.2) is 4.98 Å². The molecule has 19 heavy (non-hydrogen) atoms. The lowest BCUT2D eigenvalue weighted by Gasteiger charge is -2.12. The summed E-state index contributed by atoms with van der Waals surface area (Å²) in [5.74, 6) is 1.69. The summed E-state index contributed by atoms with van der Waals surface area (Å²) in [5, 5.41) is 12.6. The minimum Gasteiger partial charge on any atom is -0.494 e. The lowest BCUT2D eigenvalue weighted by atomic mass is 10.2. The summed E-state index contributed by atoms with van der Waals surface area (Å²) in [6.45, 7) is 3.12. The first-order valence-electron chi connectivity index (χ1n) is 6.31. The maximum Gasteiger partial charge on any atom is 0.127 e. The van der Waals surface area contributed by atoms with Gasteiger partial charge in [-0.2, -0.15) is 0 Å². The number of benzene rings is 1. The summed E-state index contributed by atoms with van der Waals surface area (Å²) < 4.78 is 7.41. The van der Waals surface area contributed by atoms with E-state index in [4.69, 9.17) is 4.74 Å². The number of rotatable bonds is 6. The van der Waals surface area contributed by atoms with Crippen molar-refractivity contribution in [2.75, 3.05) is 11.9 Å². The summed E-state index contributed by atoms with van der Waals surface area (Å²) in [5.41, 5.74) is 1.72. The first kappa shape index (κ1) is 13.4. The van der Waals surface area contributed by atoms with Crippen molar-refractivity contribution in [2.24, 2.45) is 7.05 Å². The zero-order chi connectivity index (χ0) is 13.7. The number of nitrogens with zero attached hydrogens (tertiary/aromatic N) is 2. The van der Waals surface area contributed by atoms with E-state index in [2.05, 4.69) is 10.3 Å². The third-order valence-corrected chi connectivity index (χ3v) is 2.90. The van der Waals surface area contributed by atoms with Crippen LogP contribution in [0.4, 0.5) is 5.69 Å². The van der Waals surface area contributed by atoms with E-state index in [1.165, 1.54) is 0 Å². The van der Waals surface area contributed by atoms with Gasteiger partial charge in [-0.3, -0.25) is 0 Å². The quantitative estimate of drug-likeness (QED) is 0.834. The Morgan fingerprint density at radius 3 is 2.89 bits per heavy atom. The van der Waals surface area contributed by atoms with Crippen LogP contribution in [-0.4, -0.2) is 21.3 Å². The normalized spacial score (nSPS) is 10.5. The van der Waals surface area contributed by atoms with Gasteiger partial charge in [0.1, 0.15) is 11.6 Å². The summed E-state index contributed by atoms with van der Waals surface area (Å²) in [6, 6.07) is 5.71. The Bertz CT molecular complexity index is 537. The monoisotopic (exact) mass is 261 g/mol. The minimum atomic E-state index is -0.0345. The number of hydrogen-bond acceptors (Lipinski definition) is 4. The minimum absolute atomic E-state index is 0.0345. The lowest BCUT2D eigenvalue weighted by Crippen LogP contribution is -2.06. The molecule has 2 rings (SSSR count). The van der Waals surface area contributed by atoms with E-state index >= 15 is 0 Å². The molecule has 1 aromatic carbocycles. The van der Waals surface area contributed by atoms with Crippen LogP contribution in [0.25, 0.3) is 0 Å². The Kier molecular flexibility index (Phi) is 4.41. The topological polar surface area (TPSA) is 59.3 Å². The zero-order valence-electron chi connectivity index (χ0n) is 11.3. The van der Waals surface area contributed by atoms with Crippen molar-refractivity contribution in [1.82, 2.24) is 9.55 Å². The molecule has 102 valence electrons. The number of imidazole rings is 1. The summed E-state index contributed by atoms with van der Waals surface area (Å²) >= 11 is 0. The molecular weight excluding hydrogens is 242 g/mol. The Balaban J connectivity index is 2.07. The first-order chi connectivity index (χ1) is 9.24. The highest BCUT2D eigenvalue weighted by molar-refractivity contribution is 5.51. The molecule has 2 N–H and O–H groups in total. The first-order valence-corrected chi connectivity index (χ1v) is 6.31. The molecule has 0 fully saturated rings. The van der Waals surface area contributed by atoms with Crippen molar-refractivity contribution in [2.45, 2.75) is 20.1 Å². The second-order valence-electron chi connectivity index (χ2n) is 4.22. The molecule has 1 aromatic heterocycles. The number of ether oxygens (including phenoxy) is 1. The number of aromatic nitrogens is 2. The smallest absolute Gasteiger partial charge is 0.127 e. The van der Waals surface area contributed by atoms with E-state index in [1.54, 1.807) is 6.20 Å². The SMILES string of the molecule is CCOc1ccc(NCc2nccn2C)cc1CO. The number of hydrogen-bond donors (Lipinski definition) is 2. The molecule has 2 aromatic rings. The molecule has 0 aliphatic heterocycles. The molecular formula is C14H19N3O2. The highest BCUT2D eigenvalue weighted by Gasteiger charge is 2.05. The Morgan fingerprint density at radius 1 is 1.42 bits per heavy atom. The van der Waals surface area contributed by atoms with Crippen LogP contribution in [0.15, 0.2) is 30.6 Å². The van der Waals surface area contributed by atoms with E-state index in [1.807, 2.05) is 42.9 Å².